The predicted molar refractivity (Wildman–Crippen MR) is 96.5 cm³/mol. The fraction of sp³-hybridized carbons (Fsp3) is 0.312. The summed E-state index contributed by atoms with van der Waals surface area (Å²) in [6, 6.07) is 6.93. The molecule has 1 aliphatic rings. The maximum Gasteiger partial charge on any atom is 0.278 e. The van der Waals surface area contributed by atoms with Gasteiger partial charge in [-0.15, -0.1) is 11.3 Å². The van der Waals surface area contributed by atoms with E-state index < -0.39 is 10.0 Å². The highest BCUT2D eigenvalue weighted by Gasteiger charge is 2.27. The lowest BCUT2D eigenvalue weighted by atomic mass is 9.92. The number of nitrogens with zero attached hydrogens (tertiary/aromatic N) is 2. The standard InChI is InChI=1S/C16H16ClN3O2S2/c17-14-5-6-15(23-14)24(21,22)20-10-13(11-3-1-7-18-9-11)12-4-2-8-19-16(12)20/h2,4-6,8,10-11,18H,1,3,7,9H2. The average Bonchev–Trinajstić information content (AvgIpc) is 3.20. The summed E-state index contributed by atoms with van der Waals surface area (Å²) in [7, 11) is -3.69. The quantitative estimate of drug-likeness (QED) is 0.754. The summed E-state index contributed by atoms with van der Waals surface area (Å²) >= 11 is 6.98. The van der Waals surface area contributed by atoms with E-state index >= 15 is 0 Å². The van der Waals surface area contributed by atoms with Crippen molar-refractivity contribution in [3.8, 4) is 0 Å². The number of piperidine rings is 1. The van der Waals surface area contributed by atoms with E-state index in [0.29, 0.717) is 15.9 Å². The molecule has 0 radical (unpaired) electrons. The van der Waals surface area contributed by atoms with Gasteiger partial charge < -0.3 is 5.32 Å². The molecule has 0 spiro atoms. The van der Waals surface area contributed by atoms with Crippen LogP contribution in [0.25, 0.3) is 11.0 Å². The molecule has 1 unspecified atom stereocenters. The Labute approximate surface area is 149 Å². The third-order valence-electron chi connectivity index (χ3n) is 4.36. The van der Waals surface area contributed by atoms with E-state index in [-0.39, 0.29) is 4.21 Å². The van der Waals surface area contributed by atoms with Gasteiger partial charge in [0.05, 0.1) is 4.34 Å². The van der Waals surface area contributed by atoms with Crippen LogP contribution in [0.4, 0.5) is 0 Å². The Morgan fingerprint density at radius 2 is 2.21 bits per heavy atom. The number of thiophene rings is 1. The van der Waals surface area contributed by atoms with Crippen molar-refractivity contribution in [3.05, 3.63) is 46.6 Å². The van der Waals surface area contributed by atoms with Crippen molar-refractivity contribution in [1.82, 2.24) is 14.3 Å². The van der Waals surface area contributed by atoms with Crippen molar-refractivity contribution >= 4 is 44.0 Å². The summed E-state index contributed by atoms with van der Waals surface area (Å²) in [5.41, 5.74) is 1.51. The molecule has 3 aromatic heterocycles. The van der Waals surface area contributed by atoms with Crippen LogP contribution in [0.2, 0.25) is 4.34 Å². The summed E-state index contributed by atoms with van der Waals surface area (Å²) in [5, 5.41) is 4.29. The van der Waals surface area contributed by atoms with Gasteiger partial charge in [-0.2, -0.15) is 8.42 Å². The Morgan fingerprint density at radius 1 is 1.33 bits per heavy atom. The Hall–Kier alpha value is -1.41. The summed E-state index contributed by atoms with van der Waals surface area (Å²) < 4.78 is 28.0. The van der Waals surface area contributed by atoms with Crippen LogP contribution < -0.4 is 5.32 Å². The molecule has 0 aliphatic carbocycles. The number of fused-ring (bicyclic) bond motifs is 1. The lowest BCUT2D eigenvalue weighted by molar-refractivity contribution is 0.463. The van der Waals surface area contributed by atoms with Crippen molar-refractivity contribution in [2.45, 2.75) is 23.0 Å². The van der Waals surface area contributed by atoms with Crippen LogP contribution in [-0.2, 0) is 10.0 Å². The normalized spacial score (nSPS) is 19.0. The third kappa shape index (κ3) is 2.65. The number of hydrogen-bond acceptors (Lipinski definition) is 5. The molecule has 1 N–H and O–H groups in total. The Kier molecular flexibility index (Phi) is 4.12. The zero-order valence-corrected chi connectivity index (χ0v) is 15.2. The topological polar surface area (TPSA) is 64.0 Å². The van der Waals surface area contributed by atoms with Crippen molar-refractivity contribution in [1.29, 1.82) is 0 Å². The van der Waals surface area contributed by atoms with Crippen molar-refractivity contribution in [2.24, 2.45) is 0 Å². The van der Waals surface area contributed by atoms with Crippen molar-refractivity contribution in [2.75, 3.05) is 13.1 Å². The summed E-state index contributed by atoms with van der Waals surface area (Å²) in [4.78, 5) is 4.33. The van der Waals surface area contributed by atoms with Crippen LogP contribution in [0, 0.1) is 0 Å². The molecule has 24 heavy (non-hydrogen) atoms. The van der Waals surface area contributed by atoms with Gasteiger partial charge in [0.1, 0.15) is 4.21 Å². The number of hydrogen-bond donors (Lipinski definition) is 1. The monoisotopic (exact) mass is 381 g/mol. The van der Waals surface area contributed by atoms with Crippen LogP contribution in [0.5, 0.6) is 0 Å². The second-order valence-corrected chi connectivity index (χ2v) is 9.62. The van der Waals surface area contributed by atoms with Crippen LogP contribution in [0.1, 0.15) is 24.3 Å². The summed E-state index contributed by atoms with van der Waals surface area (Å²) in [6.45, 7) is 1.87. The van der Waals surface area contributed by atoms with Gasteiger partial charge in [-0.25, -0.2) is 8.96 Å². The van der Waals surface area contributed by atoms with Gasteiger partial charge >= 0.3 is 0 Å². The molecule has 0 amide bonds. The molecule has 0 aromatic carbocycles. The molecule has 1 fully saturated rings. The Morgan fingerprint density at radius 3 is 2.92 bits per heavy atom. The van der Waals surface area contributed by atoms with Crippen LogP contribution >= 0.6 is 22.9 Å². The van der Waals surface area contributed by atoms with Gasteiger partial charge in [0.25, 0.3) is 10.0 Å². The minimum absolute atomic E-state index is 0.225. The van der Waals surface area contributed by atoms with E-state index in [0.717, 1.165) is 48.2 Å². The maximum atomic E-state index is 13.0. The molecule has 8 heteroatoms. The number of nitrogens with one attached hydrogen (secondary N) is 1. The minimum atomic E-state index is -3.69. The number of halogens is 1. The maximum absolute atomic E-state index is 13.0. The SMILES string of the molecule is O=S(=O)(c1ccc(Cl)s1)n1cc(C2CCCNC2)c2cccnc21. The number of pyridine rings is 1. The minimum Gasteiger partial charge on any atom is -0.316 e. The van der Waals surface area contributed by atoms with Crippen molar-refractivity contribution < 1.29 is 8.42 Å². The Bertz CT molecular complexity index is 988. The van der Waals surface area contributed by atoms with Gasteiger partial charge in [-0.3, -0.25) is 0 Å². The molecular weight excluding hydrogens is 366 g/mol. The van der Waals surface area contributed by atoms with E-state index in [4.69, 9.17) is 11.6 Å². The Balaban J connectivity index is 1.90. The molecular formula is C16H16ClN3O2S2. The second kappa shape index (κ2) is 6.15. The van der Waals surface area contributed by atoms with Gasteiger partial charge in [0.2, 0.25) is 0 Å². The smallest absolute Gasteiger partial charge is 0.278 e. The van der Waals surface area contributed by atoms with E-state index in [1.165, 1.54) is 3.97 Å². The molecule has 1 saturated heterocycles. The first kappa shape index (κ1) is 16.1. The first-order valence-corrected chi connectivity index (χ1v) is 10.4. The molecule has 0 bridgehead atoms. The highest BCUT2D eigenvalue weighted by Crippen LogP contribution is 2.34. The van der Waals surface area contributed by atoms with E-state index in [1.807, 2.05) is 12.1 Å². The first-order chi connectivity index (χ1) is 11.6. The fourth-order valence-corrected chi connectivity index (χ4v) is 6.12. The first-order valence-electron chi connectivity index (χ1n) is 7.75. The van der Waals surface area contributed by atoms with Gasteiger partial charge in [0, 0.05) is 24.3 Å². The zero-order valence-electron chi connectivity index (χ0n) is 12.8. The highest BCUT2D eigenvalue weighted by atomic mass is 35.5. The average molecular weight is 382 g/mol. The van der Waals surface area contributed by atoms with Gasteiger partial charge in [0.15, 0.2) is 5.65 Å². The molecule has 1 aliphatic heterocycles. The number of rotatable bonds is 3. The lowest BCUT2D eigenvalue weighted by Crippen LogP contribution is -2.28. The molecule has 0 saturated carbocycles. The molecule has 4 heterocycles. The predicted octanol–water partition coefficient (Wildman–Crippen LogP) is 3.46. The number of aromatic nitrogens is 2. The summed E-state index contributed by atoms with van der Waals surface area (Å²) in [6.07, 6.45) is 5.49. The molecule has 3 aromatic rings. The van der Waals surface area contributed by atoms with Gasteiger partial charge in [-0.05, 0) is 55.1 Å². The molecule has 126 valence electrons. The van der Waals surface area contributed by atoms with Crippen LogP contribution in [0.3, 0.4) is 0 Å². The fourth-order valence-electron chi connectivity index (χ4n) is 3.21. The third-order valence-corrected chi connectivity index (χ3v) is 7.71. The van der Waals surface area contributed by atoms with E-state index in [1.54, 1.807) is 24.5 Å². The molecule has 1 atom stereocenters. The van der Waals surface area contributed by atoms with E-state index in [2.05, 4.69) is 10.3 Å². The lowest BCUT2D eigenvalue weighted by Gasteiger charge is -2.22. The molecule has 4 rings (SSSR count). The second-order valence-electron chi connectivity index (χ2n) is 5.86. The summed E-state index contributed by atoms with van der Waals surface area (Å²) in [5.74, 6) is 0.300. The van der Waals surface area contributed by atoms with Crippen molar-refractivity contribution in [3.63, 3.8) is 0 Å². The van der Waals surface area contributed by atoms with E-state index in [9.17, 15) is 8.42 Å². The van der Waals surface area contributed by atoms with Crippen LogP contribution in [0.15, 0.2) is 40.9 Å². The zero-order chi connectivity index (χ0) is 16.7. The van der Waals surface area contributed by atoms with Gasteiger partial charge in [-0.1, -0.05) is 11.6 Å². The largest absolute Gasteiger partial charge is 0.316 e. The molecule has 5 nitrogen and oxygen atoms in total. The van der Waals surface area contributed by atoms with Crippen LogP contribution in [-0.4, -0.2) is 30.5 Å². The highest BCUT2D eigenvalue weighted by molar-refractivity contribution is 7.92.